The van der Waals surface area contributed by atoms with Gasteiger partial charge < -0.3 is 53.8 Å². The Morgan fingerprint density at radius 3 is 1.66 bits per heavy atom. The molecule has 2 fully saturated rings. The van der Waals surface area contributed by atoms with Crippen molar-refractivity contribution in [1.82, 2.24) is 0 Å². The Kier molecular flexibility index (Phi) is 12.8. The first kappa shape index (κ1) is 31.3. The number of hydrogen-bond acceptors (Lipinski definition) is 0. The largest absolute Gasteiger partial charge is 2.00 e. The van der Waals surface area contributed by atoms with Crippen molar-refractivity contribution in [1.29, 1.82) is 0 Å². The average Bonchev–Trinajstić information content (AvgIpc) is 3.49. The molecule has 2 aromatic rings. The molecule has 198 valence electrons. The van der Waals surface area contributed by atoms with Crippen molar-refractivity contribution in [2.75, 3.05) is 0 Å². The zero-order valence-electron chi connectivity index (χ0n) is 23.3. The second kappa shape index (κ2) is 14.3. The summed E-state index contributed by atoms with van der Waals surface area (Å²) in [6, 6.07) is 20.6. The predicted octanol–water partition coefficient (Wildman–Crippen LogP) is 9.72. The summed E-state index contributed by atoms with van der Waals surface area (Å²) in [5.41, 5.74) is 4.24. The molecule has 0 heterocycles. The van der Waals surface area contributed by atoms with Gasteiger partial charge in [0.2, 0.25) is 0 Å². The normalized spacial score (nSPS) is 19.2. The summed E-state index contributed by atoms with van der Waals surface area (Å²) >= 11 is 0. The van der Waals surface area contributed by atoms with E-state index in [1.165, 1.54) is 64.2 Å². The smallest absolute Gasteiger partial charge is 0.999 e. The third-order valence-corrected chi connectivity index (χ3v) is 15.0. The molecule has 2 aliphatic carbocycles. The van der Waals surface area contributed by atoms with Gasteiger partial charge in [0.05, 0.1) is 0 Å². The van der Waals surface area contributed by atoms with Crippen molar-refractivity contribution in [3.8, 4) is 0 Å². The van der Waals surface area contributed by atoms with Gasteiger partial charge in [-0.15, -0.1) is 0 Å². The Balaban J connectivity index is 0.000000640. The summed E-state index contributed by atoms with van der Waals surface area (Å²) < 4.78 is 0. The molecule has 0 amide bonds. The predicted molar refractivity (Wildman–Crippen MR) is 153 cm³/mol. The van der Waals surface area contributed by atoms with Crippen LogP contribution in [0.1, 0.15) is 124 Å². The first-order valence-electron chi connectivity index (χ1n) is 13.7. The Morgan fingerprint density at radius 1 is 0.829 bits per heavy atom. The fourth-order valence-corrected chi connectivity index (χ4v) is 15.7. The monoisotopic (exact) mass is 549 g/mol. The molecular weight excluding hydrogens is 502 g/mol. The van der Waals surface area contributed by atoms with Crippen molar-refractivity contribution < 1.29 is 17.1 Å². The zero-order chi connectivity index (χ0) is 24.8. The summed E-state index contributed by atoms with van der Waals surface area (Å²) in [5.74, 6) is 0. The van der Waals surface area contributed by atoms with E-state index in [0.29, 0.717) is 16.0 Å². The molecule has 4 rings (SSSR count). The SMILES string of the molecule is C[C@@H](c1[c-]cc[c-]1P(C1CCCCC1)C1CCCCC1)P(C(C)(C)C)C(C)(C)C.[Fe+2].[c-]1[c-][c-][cH-][c-]1. The van der Waals surface area contributed by atoms with Crippen LogP contribution < -0.4 is 5.30 Å². The van der Waals surface area contributed by atoms with E-state index >= 15 is 0 Å². The molecule has 0 aliphatic heterocycles. The second-order valence-electron chi connectivity index (χ2n) is 12.3. The third-order valence-electron chi connectivity index (χ3n) is 7.57. The van der Waals surface area contributed by atoms with E-state index in [1.54, 1.807) is 16.9 Å². The number of hydrogen-bond donors (Lipinski definition) is 0. The van der Waals surface area contributed by atoms with Crippen molar-refractivity contribution in [3.63, 3.8) is 0 Å². The molecule has 3 heteroatoms. The minimum absolute atomic E-state index is 0. The van der Waals surface area contributed by atoms with E-state index in [1.807, 2.05) is 0 Å². The Hall–Kier alpha value is 0.0795. The zero-order valence-corrected chi connectivity index (χ0v) is 26.2. The van der Waals surface area contributed by atoms with Gasteiger partial charge in [0.15, 0.2) is 0 Å². The molecule has 2 saturated carbocycles. The Morgan fingerprint density at radius 2 is 1.29 bits per heavy atom. The van der Waals surface area contributed by atoms with E-state index in [-0.39, 0.29) is 32.9 Å². The minimum atomic E-state index is -0.151. The average molecular weight is 550 g/mol. The van der Waals surface area contributed by atoms with Crippen LogP contribution in [0.5, 0.6) is 0 Å². The standard InChI is InChI=1S/C27H46P2.C5H.Fe/c1-21(29(26(2,3)4)27(5,6)7)24-19-14-20-25(24)28(22-15-10-8-11-16-22)23-17-12-9-13-18-23;1-2-4-5-3-1;/h14,20-23H,8-13,15-18H2,1-7H3;1H;/q-2;-5;+2/t21-;;/m0../s1. The molecule has 2 aromatic carbocycles. The molecule has 0 nitrogen and oxygen atoms in total. The summed E-state index contributed by atoms with van der Waals surface area (Å²) in [4.78, 5) is 0. The Labute approximate surface area is 231 Å². The van der Waals surface area contributed by atoms with Crippen molar-refractivity contribution >= 4 is 21.1 Å². The molecule has 2 aliphatic rings. The molecule has 0 saturated heterocycles. The van der Waals surface area contributed by atoms with Gasteiger partial charge in [-0.1, -0.05) is 94.9 Å². The van der Waals surface area contributed by atoms with Gasteiger partial charge in [0.1, 0.15) is 0 Å². The fourth-order valence-electron chi connectivity index (χ4n) is 6.82. The van der Waals surface area contributed by atoms with Crippen LogP contribution in [0.2, 0.25) is 0 Å². The van der Waals surface area contributed by atoms with Gasteiger partial charge in [-0.2, -0.15) is 0 Å². The van der Waals surface area contributed by atoms with Gasteiger partial charge >= 0.3 is 17.1 Å². The van der Waals surface area contributed by atoms with E-state index in [9.17, 15) is 0 Å². The van der Waals surface area contributed by atoms with Gasteiger partial charge in [0, 0.05) is 0 Å². The van der Waals surface area contributed by atoms with Gasteiger partial charge in [-0.3, -0.25) is 5.56 Å². The van der Waals surface area contributed by atoms with Crippen LogP contribution in [-0.4, -0.2) is 21.6 Å². The molecule has 0 radical (unpaired) electrons. The molecule has 0 aromatic heterocycles. The second-order valence-corrected chi connectivity index (χ2v) is 19.3. The van der Waals surface area contributed by atoms with Gasteiger partial charge in [0.25, 0.3) is 0 Å². The summed E-state index contributed by atoms with van der Waals surface area (Å²) in [7, 11) is -0.177. The van der Waals surface area contributed by atoms with E-state index < -0.39 is 0 Å². The topological polar surface area (TPSA) is 0 Å². The maximum atomic E-state index is 3.82. The van der Waals surface area contributed by atoms with Crippen LogP contribution in [0, 0.1) is 30.3 Å². The quantitative estimate of drug-likeness (QED) is 0.198. The van der Waals surface area contributed by atoms with Crippen LogP contribution in [0.25, 0.3) is 0 Å². The van der Waals surface area contributed by atoms with Crippen LogP contribution >= 0.6 is 15.8 Å². The fraction of sp³-hybridized carbons (Fsp3) is 0.688. The van der Waals surface area contributed by atoms with Crippen LogP contribution in [-0.2, 0) is 17.1 Å². The molecule has 0 unspecified atom stereocenters. The van der Waals surface area contributed by atoms with E-state index in [4.69, 9.17) is 0 Å². The van der Waals surface area contributed by atoms with Crippen molar-refractivity contribution in [2.24, 2.45) is 0 Å². The first-order chi connectivity index (χ1) is 16.1. The Bertz CT molecular complexity index is 746. The van der Waals surface area contributed by atoms with Gasteiger partial charge in [-0.05, 0) is 53.0 Å². The van der Waals surface area contributed by atoms with E-state index in [2.05, 4.69) is 90.9 Å². The molecule has 0 spiro atoms. The molecule has 0 N–H and O–H groups in total. The number of rotatable bonds is 5. The summed E-state index contributed by atoms with van der Waals surface area (Å²) in [6.07, 6.45) is 14.8. The minimum Gasteiger partial charge on any atom is -0.999 e. The third kappa shape index (κ3) is 8.81. The maximum Gasteiger partial charge on any atom is 2.00 e. The summed E-state index contributed by atoms with van der Waals surface area (Å²) in [6.45, 7) is 17.4. The molecular formula is C32H47FeP2-5. The van der Waals surface area contributed by atoms with E-state index in [0.717, 1.165) is 11.3 Å². The van der Waals surface area contributed by atoms with Crippen molar-refractivity contribution in [3.05, 3.63) is 54.1 Å². The first-order valence-corrected chi connectivity index (χ1v) is 16.6. The molecule has 1 atom stereocenters. The molecule has 0 bridgehead atoms. The van der Waals surface area contributed by atoms with Crippen LogP contribution in [0.15, 0.2) is 18.2 Å². The van der Waals surface area contributed by atoms with Gasteiger partial charge in [-0.25, -0.2) is 7.92 Å². The van der Waals surface area contributed by atoms with Crippen LogP contribution in [0.3, 0.4) is 0 Å². The van der Waals surface area contributed by atoms with Crippen molar-refractivity contribution in [2.45, 2.75) is 140 Å². The van der Waals surface area contributed by atoms with Crippen LogP contribution in [0.4, 0.5) is 0 Å². The molecule has 35 heavy (non-hydrogen) atoms. The summed E-state index contributed by atoms with van der Waals surface area (Å²) in [5, 5.41) is 2.52. The maximum absolute atomic E-state index is 3.82.